The number of fused-ring (bicyclic) bond motifs is 1. The summed E-state index contributed by atoms with van der Waals surface area (Å²) in [6, 6.07) is 12.6. The van der Waals surface area contributed by atoms with E-state index in [-0.39, 0.29) is 6.03 Å². The van der Waals surface area contributed by atoms with E-state index in [0.717, 1.165) is 37.3 Å². The Morgan fingerprint density at radius 3 is 2.72 bits per heavy atom. The lowest BCUT2D eigenvalue weighted by Crippen LogP contribution is -2.35. The van der Waals surface area contributed by atoms with Gasteiger partial charge in [-0.1, -0.05) is 42.0 Å². The highest BCUT2D eigenvalue weighted by molar-refractivity contribution is 5.73. The summed E-state index contributed by atoms with van der Waals surface area (Å²) < 4.78 is 0. The van der Waals surface area contributed by atoms with E-state index in [1.807, 2.05) is 6.20 Å². The molecule has 5 heteroatoms. The van der Waals surface area contributed by atoms with Crippen molar-refractivity contribution in [3.8, 4) is 0 Å². The van der Waals surface area contributed by atoms with Gasteiger partial charge in [0.25, 0.3) is 0 Å². The molecule has 0 saturated heterocycles. The van der Waals surface area contributed by atoms with E-state index in [0.29, 0.717) is 13.1 Å². The first-order valence-corrected chi connectivity index (χ1v) is 10.7. The zero-order valence-electron chi connectivity index (χ0n) is 17.0. The molecule has 0 fully saturated rings. The standard InChI is InChI=1S/C24H30N4O/c29-24(25-14-12-19-6-2-1-3-7-19)27-17-20-10-11-23(26-16-20)28-15-13-21-8-4-5-9-22(21)18-28/h4-6,8-11,16H,1-3,7,12-15,17-18H2,(H2,25,27,29). The van der Waals surface area contributed by atoms with Crippen molar-refractivity contribution in [2.45, 2.75) is 51.6 Å². The van der Waals surface area contributed by atoms with Gasteiger partial charge in [-0.05, 0) is 61.3 Å². The number of nitrogens with zero attached hydrogens (tertiary/aromatic N) is 2. The van der Waals surface area contributed by atoms with E-state index in [2.05, 4.69) is 63.0 Å². The number of pyridine rings is 1. The molecule has 2 aliphatic rings. The Morgan fingerprint density at radius 1 is 1.03 bits per heavy atom. The van der Waals surface area contributed by atoms with Crippen LogP contribution in [0.1, 0.15) is 48.8 Å². The first-order chi connectivity index (χ1) is 14.3. The molecule has 0 saturated carbocycles. The van der Waals surface area contributed by atoms with E-state index in [9.17, 15) is 4.79 Å². The summed E-state index contributed by atoms with van der Waals surface area (Å²) in [7, 11) is 0. The van der Waals surface area contributed by atoms with Crippen LogP contribution in [0.2, 0.25) is 0 Å². The van der Waals surface area contributed by atoms with Gasteiger partial charge in [0.05, 0.1) is 0 Å². The third-order valence-corrected chi connectivity index (χ3v) is 5.83. The number of urea groups is 1. The van der Waals surface area contributed by atoms with Gasteiger partial charge < -0.3 is 15.5 Å². The minimum Gasteiger partial charge on any atom is -0.352 e. The van der Waals surface area contributed by atoms with Gasteiger partial charge in [-0.15, -0.1) is 0 Å². The highest BCUT2D eigenvalue weighted by Gasteiger charge is 2.16. The molecule has 0 bridgehead atoms. The lowest BCUT2D eigenvalue weighted by atomic mass is 9.97. The van der Waals surface area contributed by atoms with Crippen LogP contribution in [0.15, 0.2) is 54.2 Å². The number of benzene rings is 1. The Kier molecular flexibility index (Phi) is 6.45. The molecule has 5 nitrogen and oxygen atoms in total. The number of carbonyl (C=O) groups excluding carboxylic acids is 1. The zero-order valence-corrected chi connectivity index (χ0v) is 17.0. The van der Waals surface area contributed by atoms with Gasteiger partial charge in [0.15, 0.2) is 0 Å². The molecule has 152 valence electrons. The molecule has 4 rings (SSSR count). The summed E-state index contributed by atoms with van der Waals surface area (Å²) in [5.41, 5.74) is 5.32. The molecule has 29 heavy (non-hydrogen) atoms. The minimum absolute atomic E-state index is 0.113. The highest BCUT2D eigenvalue weighted by atomic mass is 16.2. The summed E-state index contributed by atoms with van der Waals surface area (Å²) in [5.74, 6) is 0.994. The number of hydrogen-bond acceptors (Lipinski definition) is 3. The molecule has 2 amide bonds. The summed E-state index contributed by atoms with van der Waals surface area (Å²) in [5, 5.41) is 5.88. The van der Waals surface area contributed by atoms with Gasteiger partial charge in [-0.2, -0.15) is 0 Å². The number of allylic oxidation sites excluding steroid dienone is 1. The SMILES string of the molecule is O=C(NCCC1=CCCCC1)NCc1ccc(N2CCc3ccccc3C2)nc1. The predicted octanol–water partition coefficient (Wildman–Crippen LogP) is 4.33. The minimum atomic E-state index is -0.113. The summed E-state index contributed by atoms with van der Waals surface area (Å²) in [6.07, 6.45) is 11.2. The Labute approximate surface area is 173 Å². The van der Waals surface area contributed by atoms with E-state index in [4.69, 9.17) is 0 Å². The van der Waals surface area contributed by atoms with Crippen molar-refractivity contribution >= 4 is 11.8 Å². The molecule has 0 radical (unpaired) electrons. The number of nitrogens with one attached hydrogen (secondary N) is 2. The highest BCUT2D eigenvalue weighted by Crippen LogP contribution is 2.23. The lowest BCUT2D eigenvalue weighted by molar-refractivity contribution is 0.240. The van der Waals surface area contributed by atoms with Crippen LogP contribution in [0.25, 0.3) is 0 Å². The number of anilines is 1. The number of hydrogen-bond donors (Lipinski definition) is 2. The topological polar surface area (TPSA) is 57.3 Å². The van der Waals surface area contributed by atoms with Gasteiger partial charge in [-0.3, -0.25) is 0 Å². The summed E-state index contributed by atoms with van der Waals surface area (Å²) >= 11 is 0. The van der Waals surface area contributed by atoms with Crippen LogP contribution in [0.4, 0.5) is 10.6 Å². The number of amides is 2. The second-order valence-corrected chi connectivity index (χ2v) is 7.93. The number of carbonyl (C=O) groups is 1. The Balaban J connectivity index is 1.21. The molecule has 1 aliphatic carbocycles. The number of rotatable bonds is 6. The predicted molar refractivity (Wildman–Crippen MR) is 117 cm³/mol. The normalized spacial score (nSPS) is 16.0. The average molecular weight is 391 g/mol. The van der Waals surface area contributed by atoms with E-state index < -0.39 is 0 Å². The van der Waals surface area contributed by atoms with Crippen molar-refractivity contribution in [2.75, 3.05) is 18.0 Å². The van der Waals surface area contributed by atoms with E-state index in [1.165, 1.54) is 42.4 Å². The maximum Gasteiger partial charge on any atom is 0.315 e. The zero-order chi connectivity index (χ0) is 19.9. The molecule has 2 aromatic rings. The van der Waals surface area contributed by atoms with Crippen LogP contribution < -0.4 is 15.5 Å². The summed E-state index contributed by atoms with van der Waals surface area (Å²) in [4.78, 5) is 19.0. The molecule has 1 aliphatic heterocycles. The van der Waals surface area contributed by atoms with Gasteiger partial charge in [-0.25, -0.2) is 9.78 Å². The van der Waals surface area contributed by atoms with Gasteiger partial charge >= 0.3 is 6.03 Å². The average Bonchev–Trinajstić information content (AvgIpc) is 2.78. The van der Waals surface area contributed by atoms with Gasteiger partial charge in [0.1, 0.15) is 5.82 Å². The summed E-state index contributed by atoms with van der Waals surface area (Å²) in [6.45, 7) is 3.08. The van der Waals surface area contributed by atoms with Gasteiger partial charge in [0, 0.05) is 32.4 Å². The molecule has 1 aromatic heterocycles. The fourth-order valence-electron chi connectivity index (χ4n) is 4.11. The first-order valence-electron chi connectivity index (χ1n) is 10.7. The van der Waals surface area contributed by atoms with Crippen molar-refractivity contribution in [3.05, 3.63) is 70.9 Å². The van der Waals surface area contributed by atoms with Crippen molar-refractivity contribution in [1.29, 1.82) is 0 Å². The van der Waals surface area contributed by atoms with E-state index >= 15 is 0 Å². The van der Waals surface area contributed by atoms with Gasteiger partial charge in [0.2, 0.25) is 0 Å². The van der Waals surface area contributed by atoms with Crippen molar-refractivity contribution in [3.63, 3.8) is 0 Å². The van der Waals surface area contributed by atoms with Crippen LogP contribution in [0.5, 0.6) is 0 Å². The Morgan fingerprint density at radius 2 is 1.93 bits per heavy atom. The molecule has 0 atom stereocenters. The second kappa shape index (κ2) is 9.59. The Hall–Kier alpha value is -2.82. The molecule has 0 spiro atoms. The lowest BCUT2D eigenvalue weighted by Gasteiger charge is -2.29. The molecular formula is C24H30N4O. The molecule has 2 N–H and O–H groups in total. The van der Waals surface area contributed by atoms with Crippen LogP contribution >= 0.6 is 0 Å². The smallest absolute Gasteiger partial charge is 0.315 e. The first kappa shape index (κ1) is 19.5. The van der Waals surface area contributed by atoms with Crippen molar-refractivity contribution in [2.24, 2.45) is 0 Å². The molecular weight excluding hydrogens is 360 g/mol. The third-order valence-electron chi connectivity index (χ3n) is 5.83. The van der Waals surface area contributed by atoms with Crippen LogP contribution in [0, 0.1) is 0 Å². The van der Waals surface area contributed by atoms with E-state index in [1.54, 1.807) is 0 Å². The molecule has 2 heterocycles. The van der Waals surface area contributed by atoms with Crippen LogP contribution in [0.3, 0.4) is 0 Å². The molecule has 1 aromatic carbocycles. The fourth-order valence-corrected chi connectivity index (χ4v) is 4.11. The maximum absolute atomic E-state index is 12.0. The Bertz CT molecular complexity index is 859. The van der Waals surface area contributed by atoms with Crippen LogP contribution in [-0.2, 0) is 19.5 Å². The largest absolute Gasteiger partial charge is 0.352 e. The second-order valence-electron chi connectivity index (χ2n) is 7.93. The maximum atomic E-state index is 12.0. The van der Waals surface area contributed by atoms with Crippen LogP contribution in [-0.4, -0.2) is 24.1 Å². The third kappa shape index (κ3) is 5.37. The number of aromatic nitrogens is 1. The molecule has 0 unspecified atom stereocenters. The quantitative estimate of drug-likeness (QED) is 0.722. The monoisotopic (exact) mass is 390 g/mol. The fraction of sp³-hybridized carbons (Fsp3) is 0.417. The van der Waals surface area contributed by atoms with Crippen molar-refractivity contribution < 1.29 is 4.79 Å². The van der Waals surface area contributed by atoms with Crippen molar-refractivity contribution in [1.82, 2.24) is 15.6 Å².